The van der Waals surface area contributed by atoms with Gasteiger partial charge in [0.25, 0.3) is 0 Å². The van der Waals surface area contributed by atoms with E-state index in [-0.39, 0.29) is 5.91 Å². The Morgan fingerprint density at radius 3 is 2.54 bits per heavy atom. The number of benzene rings is 2. The summed E-state index contributed by atoms with van der Waals surface area (Å²) in [4.78, 5) is 11.8. The summed E-state index contributed by atoms with van der Waals surface area (Å²) in [7, 11) is 0. The van der Waals surface area contributed by atoms with Crippen molar-refractivity contribution in [2.45, 2.75) is 19.6 Å². The fraction of sp³-hybridized carbons (Fsp3) is 0.300. The minimum Gasteiger partial charge on any atom is -0.490 e. The van der Waals surface area contributed by atoms with Gasteiger partial charge in [0.05, 0.1) is 25.2 Å². The third-order valence-electron chi connectivity index (χ3n) is 3.32. The van der Waals surface area contributed by atoms with Crippen molar-refractivity contribution in [1.82, 2.24) is 5.43 Å². The molecule has 2 rings (SSSR count). The summed E-state index contributed by atoms with van der Waals surface area (Å²) in [6.45, 7) is 4.97. The largest absolute Gasteiger partial charge is 0.490 e. The van der Waals surface area contributed by atoms with Crippen molar-refractivity contribution in [3.05, 3.63) is 59.7 Å². The van der Waals surface area contributed by atoms with Gasteiger partial charge in [-0.15, -0.1) is 11.8 Å². The van der Waals surface area contributed by atoms with E-state index in [1.54, 1.807) is 18.0 Å². The van der Waals surface area contributed by atoms with Gasteiger partial charge in [-0.1, -0.05) is 30.3 Å². The number of nitrogens with zero attached hydrogens (tertiary/aromatic N) is 1. The lowest BCUT2D eigenvalue weighted by molar-refractivity contribution is -0.118. The molecular weight excluding hydrogens is 348 g/mol. The van der Waals surface area contributed by atoms with E-state index < -0.39 is 0 Å². The van der Waals surface area contributed by atoms with Crippen LogP contribution in [0.5, 0.6) is 11.5 Å². The second kappa shape index (κ2) is 11.2. The summed E-state index contributed by atoms with van der Waals surface area (Å²) in [5.41, 5.74) is 4.57. The first kappa shape index (κ1) is 19.8. The Hall–Kier alpha value is -2.47. The van der Waals surface area contributed by atoms with Crippen molar-refractivity contribution in [2.75, 3.05) is 19.0 Å². The summed E-state index contributed by atoms with van der Waals surface area (Å²) in [5.74, 6) is 2.41. The van der Waals surface area contributed by atoms with E-state index in [0.717, 1.165) is 11.3 Å². The standard InChI is InChI=1S/C20H24N2O3S/c1-3-24-18-11-10-17(12-19(18)25-4-2)13-21-22-20(23)15-26-14-16-8-6-5-7-9-16/h5-13H,3-4,14-15H2,1-2H3,(H,22,23)/b21-13-. The molecule has 1 N–H and O–H groups in total. The minimum atomic E-state index is -0.127. The van der Waals surface area contributed by atoms with Gasteiger partial charge in [0.15, 0.2) is 11.5 Å². The van der Waals surface area contributed by atoms with E-state index in [1.807, 2.05) is 62.4 Å². The SMILES string of the molecule is CCOc1ccc(/C=N\NC(=O)CSCc2ccccc2)cc1OCC. The lowest BCUT2D eigenvalue weighted by atomic mass is 10.2. The molecule has 0 heterocycles. The average molecular weight is 372 g/mol. The maximum Gasteiger partial charge on any atom is 0.250 e. The van der Waals surface area contributed by atoms with Crippen LogP contribution in [0.15, 0.2) is 53.6 Å². The van der Waals surface area contributed by atoms with Crippen LogP contribution in [0.1, 0.15) is 25.0 Å². The molecule has 6 heteroatoms. The molecule has 0 fully saturated rings. The van der Waals surface area contributed by atoms with E-state index in [1.165, 1.54) is 5.56 Å². The molecule has 0 aliphatic rings. The Balaban J connectivity index is 1.81. The van der Waals surface area contributed by atoms with Gasteiger partial charge in [-0.3, -0.25) is 4.79 Å². The molecule has 0 bridgehead atoms. The van der Waals surface area contributed by atoms with Crippen LogP contribution in [0.3, 0.4) is 0 Å². The molecular formula is C20H24N2O3S. The van der Waals surface area contributed by atoms with E-state index >= 15 is 0 Å². The minimum absolute atomic E-state index is 0.127. The number of rotatable bonds is 10. The highest BCUT2D eigenvalue weighted by molar-refractivity contribution is 7.99. The molecule has 0 saturated carbocycles. The van der Waals surface area contributed by atoms with E-state index in [2.05, 4.69) is 10.5 Å². The Bertz CT molecular complexity index is 720. The van der Waals surface area contributed by atoms with Crippen molar-refractivity contribution in [3.63, 3.8) is 0 Å². The smallest absolute Gasteiger partial charge is 0.250 e. The molecule has 0 unspecified atom stereocenters. The highest BCUT2D eigenvalue weighted by Crippen LogP contribution is 2.27. The van der Waals surface area contributed by atoms with Crippen molar-refractivity contribution >= 4 is 23.9 Å². The maximum atomic E-state index is 11.8. The first-order chi connectivity index (χ1) is 12.7. The Morgan fingerprint density at radius 2 is 1.81 bits per heavy atom. The fourth-order valence-corrected chi connectivity index (χ4v) is 2.98. The predicted octanol–water partition coefficient (Wildman–Crippen LogP) is 3.87. The van der Waals surface area contributed by atoms with Gasteiger partial charge in [-0.05, 0) is 43.2 Å². The van der Waals surface area contributed by atoms with Crippen LogP contribution in [-0.4, -0.2) is 31.1 Å². The number of carbonyl (C=O) groups is 1. The van der Waals surface area contributed by atoms with Crippen molar-refractivity contribution < 1.29 is 14.3 Å². The fourth-order valence-electron chi connectivity index (χ4n) is 2.19. The molecule has 0 atom stereocenters. The lowest BCUT2D eigenvalue weighted by Crippen LogP contribution is -2.19. The number of hydrogen-bond donors (Lipinski definition) is 1. The molecule has 0 radical (unpaired) electrons. The van der Waals surface area contributed by atoms with Crippen LogP contribution in [0, 0.1) is 0 Å². The summed E-state index contributed by atoms with van der Waals surface area (Å²) in [6, 6.07) is 15.6. The highest BCUT2D eigenvalue weighted by atomic mass is 32.2. The molecule has 5 nitrogen and oxygen atoms in total. The summed E-state index contributed by atoms with van der Waals surface area (Å²) >= 11 is 1.55. The average Bonchev–Trinajstić information content (AvgIpc) is 2.65. The number of hydrogen-bond acceptors (Lipinski definition) is 5. The zero-order valence-electron chi connectivity index (χ0n) is 15.1. The van der Waals surface area contributed by atoms with E-state index in [4.69, 9.17) is 9.47 Å². The lowest BCUT2D eigenvalue weighted by Gasteiger charge is -2.11. The molecule has 2 aromatic carbocycles. The quantitative estimate of drug-likeness (QED) is 0.508. The van der Waals surface area contributed by atoms with Crippen LogP contribution in [0.4, 0.5) is 0 Å². The van der Waals surface area contributed by atoms with Gasteiger partial charge in [-0.2, -0.15) is 5.10 Å². The van der Waals surface area contributed by atoms with Gasteiger partial charge >= 0.3 is 0 Å². The predicted molar refractivity (Wildman–Crippen MR) is 107 cm³/mol. The Labute approximate surface area is 158 Å². The zero-order valence-corrected chi connectivity index (χ0v) is 15.9. The van der Waals surface area contributed by atoms with Crippen LogP contribution >= 0.6 is 11.8 Å². The normalized spacial score (nSPS) is 10.7. The number of thioether (sulfide) groups is 1. The van der Waals surface area contributed by atoms with Crippen molar-refractivity contribution in [1.29, 1.82) is 0 Å². The summed E-state index contributed by atoms with van der Waals surface area (Å²) in [6.07, 6.45) is 1.60. The molecule has 2 aromatic rings. The number of nitrogens with one attached hydrogen (secondary N) is 1. The third-order valence-corrected chi connectivity index (χ3v) is 4.32. The Morgan fingerprint density at radius 1 is 1.08 bits per heavy atom. The van der Waals surface area contributed by atoms with Gasteiger partial charge in [-0.25, -0.2) is 5.43 Å². The van der Waals surface area contributed by atoms with Crippen LogP contribution < -0.4 is 14.9 Å². The topological polar surface area (TPSA) is 59.9 Å². The first-order valence-corrected chi connectivity index (χ1v) is 9.71. The van der Waals surface area contributed by atoms with Crippen LogP contribution in [0.2, 0.25) is 0 Å². The highest BCUT2D eigenvalue weighted by Gasteiger charge is 2.05. The number of amides is 1. The van der Waals surface area contributed by atoms with Crippen molar-refractivity contribution in [3.8, 4) is 11.5 Å². The van der Waals surface area contributed by atoms with Gasteiger partial charge < -0.3 is 9.47 Å². The Kier molecular flexibility index (Phi) is 8.55. The van der Waals surface area contributed by atoms with Crippen LogP contribution in [-0.2, 0) is 10.5 Å². The number of ether oxygens (including phenoxy) is 2. The summed E-state index contributed by atoms with van der Waals surface area (Å²) in [5, 5.41) is 4.01. The second-order valence-electron chi connectivity index (χ2n) is 5.34. The molecule has 1 amide bonds. The number of carbonyl (C=O) groups excluding carboxylic acids is 1. The molecule has 0 aliphatic heterocycles. The monoisotopic (exact) mass is 372 g/mol. The second-order valence-corrected chi connectivity index (χ2v) is 6.33. The molecule has 0 aromatic heterocycles. The first-order valence-electron chi connectivity index (χ1n) is 8.56. The molecule has 26 heavy (non-hydrogen) atoms. The molecule has 0 aliphatic carbocycles. The van der Waals surface area contributed by atoms with Gasteiger partial charge in [0.1, 0.15) is 0 Å². The maximum absolute atomic E-state index is 11.8. The van der Waals surface area contributed by atoms with Crippen molar-refractivity contribution in [2.24, 2.45) is 5.10 Å². The molecule has 0 spiro atoms. The van der Waals surface area contributed by atoms with E-state index in [0.29, 0.717) is 30.5 Å². The summed E-state index contributed by atoms with van der Waals surface area (Å²) < 4.78 is 11.1. The molecule has 138 valence electrons. The molecule has 0 saturated heterocycles. The third kappa shape index (κ3) is 6.80. The number of hydrazone groups is 1. The zero-order chi connectivity index (χ0) is 18.6. The van der Waals surface area contributed by atoms with Gasteiger partial charge in [0, 0.05) is 5.75 Å². The van der Waals surface area contributed by atoms with Gasteiger partial charge in [0.2, 0.25) is 5.91 Å². The van der Waals surface area contributed by atoms with Crippen LogP contribution in [0.25, 0.3) is 0 Å². The van der Waals surface area contributed by atoms with E-state index in [9.17, 15) is 4.79 Å².